The van der Waals surface area contributed by atoms with E-state index in [1.54, 1.807) is 0 Å². The number of aliphatic hydroxyl groups is 2. The summed E-state index contributed by atoms with van der Waals surface area (Å²) in [5.41, 5.74) is 0.789. The monoisotopic (exact) mass is 462 g/mol. The second-order valence-electron chi connectivity index (χ2n) is 8.79. The number of aliphatic imine (C=N–C) groups is 1. The quantitative estimate of drug-likeness (QED) is 0.513. The van der Waals surface area contributed by atoms with Gasteiger partial charge in [-0.3, -0.25) is 9.79 Å². The summed E-state index contributed by atoms with van der Waals surface area (Å²) < 4.78 is 10.8. The molecule has 3 aliphatic heterocycles. The van der Waals surface area contributed by atoms with E-state index in [0.29, 0.717) is 23.2 Å². The number of aliphatic hydroxyl groups excluding tert-OH is 2. The molecule has 9 nitrogen and oxygen atoms in total. The second kappa shape index (κ2) is 9.46. The third-order valence-electron chi connectivity index (χ3n) is 6.62. The molecule has 2 fully saturated rings. The topological polar surface area (TPSA) is 116 Å². The Kier molecular flexibility index (Phi) is 6.45. The number of anilines is 1. The van der Waals surface area contributed by atoms with Crippen LogP contribution in [0.3, 0.4) is 0 Å². The predicted molar refractivity (Wildman–Crippen MR) is 122 cm³/mol. The van der Waals surface area contributed by atoms with Crippen molar-refractivity contribution >= 4 is 28.5 Å². The lowest BCUT2D eigenvalue weighted by molar-refractivity contribution is -0.129. The summed E-state index contributed by atoms with van der Waals surface area (Å²) in [5, 5.41) is 27.6. The first-order valence-corrected chi connectivity index (χ1v) is 12.2. The van der Waals surface area contributed by atoms with E-state index < -0.39 is 24.2 Å². The van der Waals surface area contributed by atoms with Crippen LogP contribution in [0.1, 0.15) is 25.7 Å². The summed E-state index contributed by atoms with van der Waals surface area (Å²) in [5.74, 6) is 0.877. The first kappa shape index (κ1) is 21.8. The van der Waals surface area contributed by atoms with Gasteiger partial charge in [-0.05, 0) is 44.5 Å². The van der Waals surface area contributed by atoms with Crippen LogP contribution in [-0.4, -0.2) is 82.7 Å². The molecular formula is C22H30N4O5S. The molecule has 1 aromatic carbocycles. The van der Waals surface area contributed by atoms with Gasteiger partial charge in [0.2, 0.25) is 12.7 Å². The van der Waals surface area contributed by atoms with Gasteiger partial charge in [0.1, 0.15) is 6.10 Å². The lowest BCUT2D eigenvalue weighted by Crippen LogP contribution is -2.54. The van der Waals surface area contributed by atoms with Crippen LogP contribution in [0.2, 0.25) is 0 Å². The van der Waals surface area contributed by atoms with Crippen LogP contribution < -0.4 is 20.1 Å². The number of rotatable bonds is 5. The summed E-state index contributed by atoms with van der Waals surface area (Å²) in [4.78, 5) is 20.0. The van der Waals surface area contributed by atoms with Crippen LogP contribution in [0.5, 0.6) is 11.5 Å². The first-order valence-electron chi connectivity index (χ1n) is 11.4. The normalized spacial score (nSPS) is 31.7. The molecule has 1 amide bonds. The molecule has 4 aliphatic rings. The van der Waals surface area contributed by atoms with E-state index >= 15 is 0 Å². The zero-order chi connectivity index (χ0) is 22.1. The third kappa shape index (κ3) is 4.54. The number of likely N-dealkylation sites (tertiary alicyclic amines) is 1. The van der Waals surface area contributed by atoms with E-state index in [0.717, 1.165) is 25.3 Å². The standard InChI is InChI=1S/C22H30N4O5S/c27-15-11-14(21(29)23-6-9-26-7-2-1-3-8-26)20-18(19(15)28)25-22(32-20)24-13-4-5-16-17(10-13)31-12-30-16/h4-5,10,14-15,18-20,27-28H,1-3,6-9,11-12H2,(H,23,29)(H,24,25). The zero-order valence-corrected chi connectivity index (χ0v) is 18.7. The SMILES string of the molecule is O=C(NCCN1CCCCC1)C1CC(O)C(O)C2N=C(Nc3ccc4c(c3)OCO4)SC12. The van der Waals surface area contributed by atoms with Gasteiger partial charge in [-0.2, -0.15) is 0 Å². The fourth-order valence-corrected chi connectivity index (χ4v) is 6.23. The van der Waals surface area contributed by atoms with E-state index in [1.165, 1.54) is 31.0 Å². The van der Waals surface area contributed by atoms with Crippen molar-refractivity contribution < 1.29 is 24.5 Å². The molecular weight excluding hydrogens is 432 g/mol. The van der Waals surface area contributed by atoms with Crippen molar-refractivity contribution in [1.82, 2.24) is 10.2 Å². The minimum atomic E-state index is -0.985. The smallest absolute Gasteiger partial charge is 0.231 e. The number of ether oxygens (including phenoxy) is 2. The van der Waals surface area contributed by atoms with Crippen molar-refractivity contribution in [3.8, 4) is 11.5 Å². The average molecular weight is 463 g/mol. The Labute approximate surface area is 191 Å². The summed E-state index contributed by atoms with van der Waals surface area (Å²) in [6.45, 7) is 3.83. The molecule has 5 unspecified atom stereocenters. The van der Waals surface area contributed by atoms with Crippen molar-refractivity contribution in [2.45, 2.75) is 49.2 Å². The van der Waals surface area contributed by atoms with Crippen molar-refractivity contribution in [2.75, 3.05) is 38.3 Å². The van der Waals surface area contributed by atoms with Crippen LogP contribution in [0, 0.1) is 5.92 Å². The van der Waals surface area contributed by atoms with Gasteiger partial charge in [0.05, 0.1) is 18.1 Å². The minimum absolute atomic E-state index is 0.0741. The Bertz CT molecular complexity index is 878. The molecule has 0 aromatic heterocycles. The lowest BCUT2D eigenvalue weighted by atomic mass is 9.81. The first-order chi connectivity index (χ1) is 15.6. The summed E-state index contributed by atoms with van der Waals surface area (Å²) in [6.07, 6.45) is 2.00. The number of thioether (sulfide) groups is 1. The van der Waals surface area contributed by atoms with Crippen LogP contribution in [-0.2, 0) is 4.79 Å². The molecule has 1 aliphatic carbocycles. The van der Waals surface area contributed by atoms with Gasteiger partial charge in [0, 0.05) is 30.1 Å². The van der Waals surface area contributed by atoms with Gasteiger partial charge in [0.15, 0.2) is 16.7 Å². The molecule has 1 saturated heterocycles. The number of carbonyl (C=O) groups excluding carboxylic acids is 1. The van der Waals surface area contributed by atoms with Gasteiger partial charge in [-0.15, -0.1) is 0 Å². The number of amides is 1. The van der Waals surface area contributed by atoms with Crippen LogP contribution in [0.4, 0.5) is 5.69 Å². The average Bonchev–Trinajstić information content (AvgIpc) is 3.44. The van der Waals surface area contributed by atoms with Gasteiger partial charge in [0.25, 0.3) is 0 Å². The number of hydrogen-bond acceptors (Lipinski definition) is 9. The van der Waals surface area contributed by atoms with E-state index in [4.69, 9.17) is 9.47 Å². The van der Waals surface area contributed by atoms with Crippen LogP contribution in [0.15, 0.2) is 23.2 Å². The molecule has 32 heavy (non-hydrogen) atoms. The molecule has 0 radical (unpaired) electrons. The van der Waals surface area contributed by atoms with Crippen molar-refractivity contribution in [3.05, 3.63) is 18.2 Å². The Morgan fingerprint density at radius 2 is 2.00 bits per heavy atom. The number of nitrogens with one attached hydrogen (secondary N) is 2. The van der Waals surface area contributed by atoms with Gasteiger partial charge in [-0.25, -0.2) is 0 Å². The fourth-order valence-electron chi connectivity index (χ4n) is 4.86. The number of piperidine rings is 1. The predicted octanol–water partition coefficient (Wildman–Crippen LogP) is 1.01. The van der Waals surface area contributed by atoms with Gasteiger partial charge in [-0.1, -0.05) is 18.2 Å². The van der Waals surface area contributed by atoms with Crippen molar-refractivity contribution in [3.63, 3.8) is 0 Å². The lowest BCUT2D eigenvalue weighted by Gasteiger charge is -2.37. The van der Waals surface area contributed by atoms with Crippen molar-refractivity contribution in [2.24, 2.45) is 10.9 Å². The molecule has 1 aromatic rings. The van der Waals surface area contributed by atoms with E-state index in [2.05, 4.69) is 20.5 Å². The Hall–Kier alpha value is -2.01. The summed E-state index contributed by atoms with van der Waals surface area (Å²) in [7, 11) is 0. The number of amidine groups is 1. The number of benzene rings is 1. The molecule has 3 heterocycles. The maximum Gasteiger partial charge on any atom is 0.231 e. The highest BCUT2D eigenvalue weighted by molar-refractivity contribution is 8.15. The zero-order valence-electron chi connectivity index (χ0n) is 17.9. The third-order valence-corrected chi connectivity index (χ3v) is 7.93. The number of nitrogens with zero attached hydrogens (tertiary/aromatic N) is 2. The maximum atomic E-state index is 13.0. The minimum Gasteiger partial charge on any atom is -0.454 e. The molecule has 5 rings (SSSR count). The summed E-state index contributed by atoms with van der Waals surface area (Å²) in [6, 6.07) is 5.01. The van der Waals surface area contributed by atoms with E-state index in [9.17, 15) is 15.0 Å². The Balaban J connectivity index is 1.21. The number of hydrogen-bond donors (Lipinski definition) is 4. The Morgan fingerprint density at radius 3 is 2.84 bits per heavy atom. The molecule has 10 heteroatoms. The molecule has 4 N–H and O–H groups in total. The molecule has 0 bridgehead atoms. The maximum absolute atomic E-state index is 13.0. The van der Waals surface area contributed by atoms with Gasteiger partial charge >= 0.3 is 0 Å². The van der Waals surface area contributed by atoms with Crippen LogP contribution >= 0.6 is 11.8 Å². The highest BCUT2D eigenvalue weighted by Gasteiger charge is 2.50. The fraction of sp³-hybridized carbons (Fsp3) is 0.636. The molecule has 1 saturated carbocycles. The second-order valence-corrected chi connectivity index (χ2v) is 9.96. The molecule has 174 valence electrons. The largest absolute Gasteiger partial charge is 0.454 e. The van der Waals surface area contributed by atoms with Crippen LogP contribution in [0.25, 0.3) is 0 Å². The van der Waals surface area contributed by atoms with Gasteiger partial charge < -0.3 is 35.2 Å². The summed E-state index contributed by atoms with van der Waals surface area (Å²) >= 11 is 1.45. The van der Waals surface area contributed by atoms with Crippen molar-refractivity contribution in [1.29, 1.82) is 0 Å². The Morgan fingerprint density at radius 1 is 1.19 bits per heavy atom. The molecule has 0 spiro atoms. The number of carbonyl (C=O) groups is 1. The molecule has 5 atom stereocenters. The highest BCUT2D eigenvalue weighted by Crippen LogP contribution is 2.42. The van der Waals surface area contributed by atoms with E-state index in [-0.39, 0.29) is 24.4 Å². The van der Waals surface area contributed by atoms with E-state index in [1.807, 2.05) is 18.2 Å². The highest BCUT2D eigenvalue weighted by atomic mass is 32.2. The number of fused-ring (bicyclic) bond motifs is 2.